The number of fused-ring (bicyclic) bond motifs is 1. The van der Waals surface area contributed by atoms with Crippen LogP contribution in [-0.2, 0) is 13.1 Å². The number of aryl methyl sites for hydroxylation is 1. The lowest BCUT2D eigenvalue weighted by Gasteiger charge is -2.10. The molecule has 0 bridgehead atoms. The Morgan fingerprint density at radius 3 is 2.92 bits per heavy atom. The zero-order valence-corrected chi connectivity index (χ0v) is 14.4. The Kier molecular flexibility index (Phi) is 4.15. The zero-order chi connectivity index (χ0) is 17.9. The van der Waals surface area contributed by atoms with Gasteiger partial charge in [-0.15, -0.1) is 0 Å². The largest absolute Gasteiger partial charge is 0.326 e. The quantitative estimate of drug-likeness (QED) is 0.556. The molecule has 7 heteroatoms. The summed E-state index contributed by atoms with van der Waals surface area (Å²) >= 11 is 0. The minimum Gasteiger partial charge on any atom is -0.326 e. The molecular weight excluding hydrogens is 326 g/mol. The monoisotopic (exact) mass is 343 g/mol. The Morgan fingerprint density at radius 1 is 1.15 bits per heavy atom. The van der Waals surface area contributed by atoms with Gasteiger partial charge in [-0.3, -0.25) is 9.97 Å². The van der Waals surface area contributed by atoms with Crippen LogP contribution in [0.1, 0.15) is 24.7 Å². The predicted octanol–water partition coefficient (Wildman–Crippen LogP) is 3.02. The molecule has 0 aliphatic heterocycles. The molecule has 0 saturated heterocycles. The molecule has 0 aliphatic rings. The van der Waals surface area contributed by atoms with E-state index in [9.17, 15) is 0 Å². The van der Waals surface area contributed by atoms with Crippen molar-refractivity contribution in [2.75, 3.05) is 0 Å². The van der Waals surface area contributed by atoms with Gasteiger partial charge < -0.3 is 9.13 Å². The van der Waals surface area contributed by atoms with Crippen LogP contribution in [0.25, 0.3) is 22.6 Å². The zero-order valence-electron chi connectivity index (χ0n) is 14.4. The molecule has 0 unspecified atom stereocenters. The summed E-state index contributed by atoms with van der Waals surface area (Å²) in [6, 6.07) is 7.57. The van der Waals surface area contributed by atoms with E-state index in [1.165, 1.54) is 0 Å². The molecule has 0 aromatic carbocycles. The van der Waals surface area contributed by atoms with Crippen LogP contribution in [0.2, 0.25) is 0 Å². The van der Waals surface area contributed by atoms with Crippen LogP contribution in [0.3, 0.4) is 0 Å². The highest BCUT2D eigenvalue weighted by Crippen LogP contribution is 2.20. The molecule has 0 atom stereocenters. The standard InChI is InChI=1S/C19H17N7/c1-2-8-26-17-4-5-21-12-16(17)24-18(26)13-25-9-7-23-19(25)15-10-14(11-20)3-6-22-15/h3-7,9-10,12H,2,8,13H2,1H3. The van der Waals surface area contributed by atoms with Gasteiger partial charge in [0.1, 0.15) is 17.0 Å². The molecule has 0 saturated carbocycles. The second-order valence-electron chi connectivity index (χ2n) is 5.96. The number of nitrogens with zero attached hydrogens (tertiary/aromatic N) is 7. The molecule has 0 amide bonds. The van der Waals surface area contributed by atoms with E-state index in [0.717, 1.165) is 35.6 Å². The fourth-order valence-corrected chi connectivity index (χ4v) is 3.07. The minimum absolute atomic E-state index is 0.564. The van der Waals surface area contributed by atoms with Gasteiger partial charge in [0.05, 0.1) is 29.9 Å². The van der Waals surface area contributed by atoms with Gasteiger partial charge in [-0.25, -0.2) is 9.97 Å². The number of pyridine rings is 2. The molecule has 0 fully saturated rings. The molecule has 4 aromatic heterocycles. The number of aromatic nitrogens is 6. The first-order valence-corrected chi connectivity index (χ1v) is 8.47. The average molecular weight is 343 g/mol. The predicted molar refractivity (Wildman–Crippen MR) is 97.1 cm³/mol. The molecular formula is C19H17N7. The molecule has 7 nitrogen and oxygen atoms in total. The van der Waals surface area contributed by atoms with Gasteiger partial charge in [0.25, 0.3) is 0 Å². The summed E-state index contributed by atoms with van der Waals surface area (Å²) in [5.74, 6) is 1.67. The molecule has 4 aromatic rings. The van der Waals surface area contributed by atoms with Gasteiger partial charge in [-0.05, 0) is 24.6 Å². The lowest BCUT2D eigenvalue weighted by Crippen LogP contribution is -2.09. The van der Waals surface area contributed by atoms with Crippen LogP contribution in [0.15, 0.2) is 49.2 Å². The van der Waals surface area contributed by atoms with E-state index in [1.807, 2.05) is 16.8 Å². The van der Waals surface area contributed by atoms with E-state index >= 15 is 0 Å². The van der Waals surface area contributed by atoms with E-state index < -0.39 is 0 Å². The highest BCUT2D eigenvalue weighted by Gasteiger charge is 2.14. The Bertz CT molecular complexity index is 1100. The second kappa shape index (κ2) is 6.76. The normalized spacial score (nSPS) is 10.9. The number of hydrogen-bond donors (Lipinski definition) is 0. The van der Waals surface area contributed by atoms with Crippen LogP contribution in [0.4, 0.5) is 0 Å². The Balaban J connectivity index is 1.75. The van der Waals surface area contributed by atoms with Crippen molar-refractivity contribution < 1.29 is 0 Å². The van der Waals surface area contributed by atoms with E-state index in [4.69, 9.17) is 10.2 Å². The summed E-state index contributed by atoms with van der Waals surface area (Å²) in [7, 11) is 0. The van der Waals surface area contributed by atoms with Crippen molar-refractivity contribution in [3.8, 4) is 17.6 Å². The van der Waals surface area contributed by atoms with Gasteiger partial charge in [0, 0.05) is 31.3 Å². The molecule has 26 heavy (non-hydrogen) atoms. The molecule has 128 valence electrons. The summed E-state index contributed by atoms with van der Waals surface area (Å²) in [5.41, 5.74) is 3.22. The molecule has 4 rings (SSSR count). The number of hydrogen-bond acceptors (Lipinski definition) is 5. The fourth-order valence-electron chi connectivity index (χ4n) is 3.07. The highest BCUT2D eigenvalue weighted by atomic mass is 15.2. The maximum absolute atomic E-state index is 9.12. The first kappa shape index (κ1) is 16.0. The first-order chi connectivity index (χ1) is 12.8. The third-order valence-corrected chi connectivity index (χ3v) is 4.22. The Hall–Kier alpha value is -3.53. The van der Waals surface area contributed by atoms with E-state index in [1.54, 1.807) is 36.9 Å². The van der Waals surface area contributed by atoms with Crippen LogP contribution in [0.5, 0.6) is 0 Å². The number of imidazole rings is 2. The van der Waals surface area contributed by atoms with Gasteiger partial charge in [-0.2, -0.15) is 5.26 Å². The SMILES string of the molecule is CCCn1c(Cn2ccnc2-c2cc(C#N)ccn2)nc2cnccc21. The summed E-state index contributed by atoms with van der Waals surface area (Å²) in [6.45, 7) is 3.61. The lowest BCUT2D eigenvalue weighted by molar-refractivity contribution is 0.627. The molecule has 0 N–H and O–H groups in total. The lowest BCUT2D eigenvalue weighted by atomic mass is 10.2. The Labute approximate surface area is 150 Å². The summed E-state index contributed by atoms with van der Waals surface area (Å²) in [6.07, 6.45) is 9.88. The van der Waals surface area contributed by atoms with Gasteiger partial charge in [0.2, 0.25) is 0 Å². The van der Waals surface area contributed by atoms with Crippen LogP contribution in [-0.4, -0.2) is 29.1 Å². The van der Waals surface area contributed by atoms with Crippen LogP contribution < -0.4 is 0 Å². The van der Waals surface area contributed by atoms with Gasteiger partial charge >= 0.3 is 0 Å². The number of nitriles is 1. The van der Waals surface area contributed by atoms with Gasteiger partial charge in [0.15, 0.2) is 5.82 Å². The topological polar surface area (TPSA) is 85.2 Å². The maximum atomic E-state index is 9.12. The van der Waals surface area contributed by atoms with Crippen LogP contribution >= 0.6 is 0 Å². The van der Waals surface area contributed by atoms with Crippen molar-refractivity contribution in [1.82, 2.24) is 29.1 Å². The van der Waals surface area contributed by atoms with E-state index in [-0.39, 0.29) is 0 Å². The van der Waals surface area contributed by atoms with Crippen molar-refractivity contribution >= 4 is 11.0 Å². The van der Waals surface area contributed by atoms with Crippen molar-refractivity contribution in [2.45, 2.75) is 26.4 Å². The summed E-state index contributed by atoms with van der Waals surface area (Å²) in [4.78, 5) is 17.7. The minimum atomic E-state index is 0.564. The maximum Gasteiger partial charge on any atom is 0.159 e. The van der Waals surface area contributed by atoms with E-state index in [0.29, 0.717) is 17.8 Å². The van der Waals surface area contributed by atoms with Gasteiger partial charge in [-0.1, -0.05) is 6.92 Å². The third kappa shape index (κ3) is 2.82. The summed E-state index contributed by atoms with van der Waals surface area (Å²) < 4.78 is 4.23. The van der Waals surface area contributed by atoms with Crippen LogP contribution in [0, 0.1) is 11.3 Å². The van der Waals surface area contributed by atoms with Crippen molar-refractivity contribution in [2.24, 2.45) is 0 Å². The smallest absolute Gasteiger partial charge is 0.159 e. The third-order valence-electron chi connectivity index (χ3n) is 4.22. The second-order valence-corrected chi connectivity index (χ2v) is 5.96. The fraction of sp³-hybridized carbons (Fsp3) is 0.211. The van der Waals surface area contributed by atoms with Crippen molar-refractivity contribution in [3.63, 3.8) is 0 Å². The molecule has 4 heterocycles. The molecule has 0 radical (unpaired) electrons. The van der Waals surface area contributed by atoms with Crippen molar-refractivity contribution in [3.05, 3.63) is 60.6 Å². The molecule has 0 spiro atoms. The molecule has 0 aliphatic carbocycles. The highest BCUT2D eigenvalue weighted by molar-refractivity contribution is 5.74. The Morgan fingerprint density at radius 2 is 2.08 bits per heavy atom. The van der Waals surface area contributed by atoms with E-state index in [2.05, 4.69) is 32.5 Å². The first-order valence-electron chi connectivity index (χ1n) is 8.47. The number of rotatable bonds is 5. The average Bonchev–Trinajstić information content (AvgIpc) is 3.27. The summed E-state index contributed by atoms with van der Waals surface area (Å²) in [5, 5.41) is 9.12. The van der Waals surface area contributed by atoms with Crippen molar-refractivity contribution in [1.29, 1.82) is 5.26 Å².